The molecule has 0 radical (unpaired) electrons. The first-order valence-electron chi connectivity index (χ1n) is 6.41. The maximum Gasteiger partial charge on any atom is 0.0591 e. The van der Waals surface area contributed by atoms with Crippen LogP contribution in [0.5, 0.6) is 0 Å². The summed E-state index contributed by atoms with van der Waals surface area (Å²) in [5.41, 5.74) is 4.00. The average Bonchev–Trinajstić information content (AvgIpc) is 2.41. The van der Waals surface area contributed by atoms with Crippen LogP contribution in [0.15, 0.2) is 36.7 Å². The summed E-state index contributed by atoms with van der Waals surface area (Å²) < 4.78 is 0. The van der Waals surface area contributed by atoms with Crippen molar-refractivity contribution in [1.82, 2.24) is 4.98 Å². The molecule has 2 aromatic rings. The van der Waals surface area contributed by atoms with E-state index in [1.165, 1.54) is 0 Å². The number of nitrogens with one attached hydrogen (secondary N) is 2. The number of hydrogen-bond acceptors (Lipinski definition) is 3. The normalized spacial score (nSPS) is 10.3. The van der Waals surface area contributed by atoms with Gasteiger partial charge in [0.05, 0.1) is 23.8 Å². The SMILES string of the molecule is CCCNc1cncc(Nc2ccc(C)c(Cl)c2)c1. The second kappa shape index (κ2) is 6.43. The van der Waals surface area contributed by atoms with Crippen LogP contribution in [0.2, 0.25) is 5.02 Å². The molecule has 0 aliphatic rings. The van der Waals surface area contributed by atoms with Gasteiger partial charge in [-0.25, -0.2) is 0 Å². The lowest BCUT2D eigenvalue weighted by Crippen LogP contribution is -2.01. The minimum atomic E-state index is 0.762. The number of benzene rings is 1. The van der Waals surface area contributed by atoms with Gasteiger partial charge in [-0.1, -0.05) is 24.6 Å². The molecular weight excluding hydrogens is 258 g/mol. The zero-order valence-corrected chi connectivity index (χ0v) is 12.0. The van der Waals surface area contributed by atoms with Gasteiger partial charge in [0.1, 0.15) is 0 Å². The van der Waals surface area contributed by atoms with Gasteiger partial charge < -0.3 is 10.6 Å². The third kappa shape index (κ3) is 3.86. The van der Waals surface area contributed by atoms with E-state index in [-0.39, 0.29) is 0 Å². The van der Waals surface area contributed by atoms with Crippen molar-refractivity contribution in [2.45, 2.75) is 20.3 Å². The van der Waals surface area contributed by atoms with Crippen LogP contribution in [0.25, 0.3) is 0 Å². The molecule has 100 valence electrons. The van der Waals surface area contributed by atoms with Gasteiger partial charge in [-0.2, -0.15) is 0 Å². The number of rotatable bonds is 5. The van der Waals surface area contributed by atoms with Gasteiger partial charge in [0.2, 0.25) is 0 Å². The van der Waals surface area contributed by atoms with Crippen molar-refractivity contribution in [3.63, 3.8) is 0 Å². The van der Waals surface area contributed by atoms with Crippen LogP contribution in [-0.2, 0) is 0 Å². The standard InChI is InChI=1S/C15H18ClN3/c1-3-6-18-13-7-14(10-17-9-13)19-12-5-4-11(2)15(16)8-12/h4-5,7-10,18-19H,3,6H2,1-2H3. The van der Waals surface area contributed by atoms with Gasteiger partial charge in [-0.3, -0.25) is 4.98 Å². The van der Waals surface area contributed by atoms with Gasteiger partial charge >= 0.3 is 0 Å². The number of hydrogen-bond donors (Lipinski definition) is 2. The molecule has 4 heteroatoms. The van der Waals surface area contributed by atoms with E-state index >= 15 is 0 Å². The van der Waals surface area contributed by atoms with Crippen molar-refractivity contribution < 1.29 is 0 Å². The molecule has 2 N–H and O–H groups in total. The van der Waals surface area contributed by atoms with E-state index in [0.29, 0.717) is 0 Å². The van der Waals surface area contributed by atoms with Crippen LogP contribution < -0.4 is 10.6 Å². The predicted octanol–water partition coefficient (Wildman–Crippen LogP) is 4.61. The third-order valence-corrected chi connectivity index (χ3v) is 3.19. The Bertz CT molecular complexity index is 555. The van der Waals surface area contributed by atoms with Crippen LogP contribution in [0.3, 0.4) is 0 Å². The minimum Gasteiger partial charge on any atom is -0.384 e. The summed E-state index contributed by atoms with van der Waals surface area (Å²) in [7, 11) is 0. The molecular formula is C15H18ClN3. The first kappa shape index (κ1) is 13.7. The van der Waals surface area contributed by atoms with E-state index in [1.807, 2.05) is 37.4 Å². The largest absolute Gasteiger partial charge is 0.384 e. The molecule has 3 nitrogen and oxygen atoms in total. The molecule has 1 heterocycles. The Kier molecular flexibility index (Phi) is 4.63. The monoisotopic (exact) mass is 275 g/mol. The number of pyridine rings is 1. The molecule has 2 rings (SSSR count). The molecule has 1 aromatic heterocycles. The summed E-state index contributed by atoms with van der Waals surface area (Å²) in [6, 6.07) is 7.96. The van der Waals surface area contributed by atoms with Crippen molar-refractivity contribution in [2.24, 2.45) is 0 Å². The van der Waals surface area contributed by atoms with Crippen LogP contribution in [0.4, 0.5) is 17.1 Å². The van der Waals surface area contributed by atoms with Crippen LogP contribution in [0, 0.1) is 6.92 Å². The van der Waals surface area contributed by atoms with E-state index in [1.54, 1.807) is 6.20 Å². The van der Waals surface area contributed by atoms with Crippen molar-refractivity contribution in [2.75, 3.05) is 17.2 Å². The lowest BCUT2D eigenvalue weighted by atomic mass is 10.2. The second-order valence-electron chi connectivity index (χ2n) is 4.48. The lowest BCUT2D eigenvalue weighted by Gasteiger charge is -2.10. The molecule has 1 aromatic carbocycles. The van der Waals surface area contributed by atoms with Gasteiger partial charge in [-0.15, -0.1) is 0 Å². The number of aromatic nitrogens is 1. The predicted molar refractivity (Wildman–Crippen MR) is 82.5 cm³/mol. The first-order chi connectivity index (χ1) is 9.19. The highest BCUT2D eigenvalue weighted by atomic mass is 35.5. The van der Waals surface area contributed by atoms with Gasteiger partial charge in [0, 0.05) is 17.3 Å². The summed E-state index contributed by atoms with van der Waals surface area (Å²) >= 11 is 6.11. The zero-order chi connectivity index (χ0) is 13.7. The summed E-state index contributed by atoms with van der Waals surface area (Å²) in [4.78, 5) is 4.22. The minimum absolute atomic E-state index is 0.762. The molecule has 0 bridgehead atoms. The molecule has 0 fully saturated rings. The molecule has 0 atom stereocenters. The van der Waals surface area contributed by atoms with Crippen LogP contribution in [-0.4, -0.2) is 11.5 Å². The Labute approximate surface area is 119 Å². The number of nitrogens with zero attached hydrogens (tertiary/aromatic N) is 1. The van der Waals surface area contributed by atoms with Crippen LogP contribution >= 0.6 is 11.6 Å². The van der Waals surface area contributed by atoms with Gasteiger partial charge in [0.15, 0.2) is 0 Å². The molecule has 19 heavy (non-hydrogen) atoms. The molecule has 0 saturated heterocycles. The Morgan fingerprint density at radius 1 is 1.11 bits per heavy atom. The Morgan fingerprint density at radius 2 is 1.89 bits per heavy atom. The molecule has 0 saturated carbocycles. The number of anilines is 3. The molecule has 0 unspecified atom stereocenters. The van der Waals surface area contributed by atoms with Crippen molar-refractivity contribution in [1.29, 1.82) is 0 Å². The first-order valence-corrected chi connectivity index (χ1v) is 6.79. The molecule has 0 amide bonds. The summed E-state index contributed by atoms with van der Waals surface area (Å²) in [6.07, 6.45) is 4.71. The quantitative estimate of drug-likeness (QED) is 0.837. The smallest absolute Gasteiger partial charge is 0.0591 e. The molecule has 0 aliphatic heterocycles. The van der Waals surface area contributed by atoms with E-state index in [4.69, 9.17) is 11.6 Å². The highest BCUT2D eigenvalue weighted by Gasteiger charge is 2.00. The lowest BCUT2D eigenvalue weighted by molar-refractivity contribution is 0.978. The van der Waals surface area contributed by atoms with Gasteiger partial charge in [0.25, 0.3) is 0 Å². The second-order valence-corrected chi connectivity index (χ2v) is 4.89. The van der Waals surface area contributed by atoms with E-state index in [2.05, 4.69) is 22.5 Å². The average molecular weight is 276 g/mol. The fourth-order valence-corrected chi connectivity index (χ4v) is 1.89. The van der Waals surface area contributed by atoms with E-state index in [0.717, 1.165) is 40.6 Å². The maximum atomic E-state index is 6.11. The maximum absolute atomic E-state index is 6.11. The Morgan fingerprint density at radius 3 is 2.63 bits per heavy atom. The molecule has 0 spiro atoms. The number of halogens is 1. The fourth-order valence-electron chi connectivity index (χ4n) is 1.71. The van der Waals surface area contributed by atoms with Crippen LogP contribution in [0.1, 0.15) is 18.9 Å². The van der Waals surface area contributed by atoms with E-state index in [9.17, 15) is 0 Å². The Hall–Kier alpha value is -1.74. The van der Waals surface area contributed by atoms with Crippen molar-refractivity contribution >= 4 is 28.7 Å². The zero-order valence-electron chi connectivity index (χ0n) is 11.2. The van der Waals surface area contributed by atoms with Crippen molar-refractivity contribution in [3.05, 3.63) is 47.2 Å². The third-order valence-electron chi connectivity index (χ3n) is 2.78. The van der Waals surface area contributed by atoms with E-state index < -0.39 is 0 Å². The topological polar surface area (TPSA) is 37.0 Å². The van der Waals surface area contributed by atoms with Crippen molar-refractivity contribution in [3.8, 4) is 0 Å². The highest BCUT2D eigenvalue weighted by Crippen LogP contribution is 2.23. The molecule has 0 aliphatic carbocycles. The summed E-state index contributed by atoms with van der Waals surface area (Å²) in [5, 5.41) is 7.38. The Balaban J connectivity index is 2.11. The fraction of sp³-hybridized carbons (Fsp3) is 0.267. The summed E-state index contributed by atoms with van der Waals surface area (Å²) in [6.45, 7) is 5.07. The number of aryl methyl sites for hydroxylation is 1. The highest BCUT2D eigenvalue weighted by molar-refractivity contribution is 6.31. The summed E-state index contributed by atoms with van der Waals surface area (Å²) in [5.74, 6) is 0. The van der Waals surface area contributed by atoms with Gasteiger partial charge in [-0.05, 0) is 37.1 Å².